The number of aromatic nitrogens is 2. The number of hydrogen-bond donors (Lipinski definition) is 1. The van der Waals surface area contributed by atoms with Gasteiger partial charge in [-0.3, -0.25) is 10.1 Å². The van der Waals surface area contributed by atoms with E-state index in [1.54, 1.807) is 25.2 Å². The lowest BCUT2D eigenvalue weighted by atomic mass is 10.3. The van der Waals surface area contributed by atoms with Crippen molar-refractivity contribution in [3.8, 4) is 0 Å². The molecule has 0 spiro atoms. The van der Waals surface area contributed by atoms with Gasteiger partial charge in [-0.2, -0.15) is 4.37 Å². The molecule has 0 bridgehead atoms. The predicted octanol–water partition coefficient (Wildman–Crippen LogP) is 2.64. The summed E-state index contributed by atoms with van der Waals surface area (Å²) < 4.78 is 4.54. The van der Waals surface area contributed by atoms with Crippen LogP contribution in [0, 0.1) is 10.1 Å². The second kappa shape index (κ2) is 5.11. The Bertz CT molecular complexity index is 530. The molecular weight excluding hydrogens is 260 g/mol. The Morgan fingerprint density at radius 1 is 1.53 bits per heavy atom. The number of benzene rings is 1. The highest BCUT2D eigenvalue weighted by Crippen LogP contribution is 2.39. The minimum absolute atomic E-state index is 0.0650. The van der Waals surface area contributed by atoms with E-state index in [2.05, 4.69) is 14.7 Å². The number of nitro benzene ring substituents is 1. The molecule has 0 saturated heterocycles. The van der Waals surface area contributed by atoms with Gasteiger partial charge in [-0.1, -0.05) is 17.8 Å². The van der Waals surface area contributed by atoms with Crippen LogP contribution in [-0.2, 0) is 0 Å². The van der Waals surface area contributed by atoms with Crippen molar-refractivity contribution in [3.05, 3.63) is 34.6 Å². The third-order valence-electron chi connectivity index (χ3n) is 1.99. The molecular formula is C9H8N4O2S2. The third-order valence-corrected chi connectivity index (χ3v) is 3.75. The summed E-state index contributed by atoms with van der Waals surface area (Å²) in [5.74, 6) is 0. The summed E-state index contributed by atoms with van der Waals surface area (Å²) in [7, 11) is 1.65. The van der Waals surface area contributed by atoms with Gasteiger partial charge in [0.05, 0.1) is 9.82 Å². The maximum absolute atomic E-state index is 11.0. The van der Waals surface area contributed by atoms with Crippen LogP contribution in [0.15, 0.2) is 33.8 Å². The van der Waals surface area contributed by atoms with E-state index >= 15 is 0 Å². The zero-order chi connectivity index (χ0) is 12.3. The second-order valence-electron chi connectivity index (χ2n) is 2.97. The number of nitrogens with zero attached hydrogens (tertiary/aromatic N) is 3. The highest BCUT2D eigenvalue weighted by atomic mass is 32.2. The zero-order valence-electron chi connectivity index (χ0n) is 8.78. The molecule has 17 heavy (non-hydrogen) atoms. The van der Waals surface area contributed by atoms with Crippen molar-refractivity contribution in [1.82, 2.24) is 9.36 Å². The van der Waals surface area contributed by atoms with Crippen LogP contribution in [0.3, 0.4) is 0 Å². The molecule has 2 aromatic rings. The van der Waals surface area contributed by atoms with Gasteiger partial charge in [0.25, 0.3) is 0 Å². The molecule has 1 aromatic carbocycles. The molecule has 0 saturated carbocycles. The van der Waals surface area contributed by atoms with Crippen molar-refractivity contribution in [3.63, 3.8) is 0 Å². The molecule has 0 atom stereocenters. The molecule has 88 valence electrons. The van der Waals surface area contributed by atoms with Crippen molar-refractivity contribution in [2.45, 2.75) is 9.24 Å². The molecule has 1 N–H and O–H groups in total. The van der Waals surface area contributed by atoms with Gasteiger partial charge in [0.2, 0.25) is 0 Å². The molecule has 8 heteroatoms. The van der Waals surface area contributed by atoms with E-state index in [9.17, 15) is 10.1 Å². The number of anilines is 1. The first-order valence-electron chi connectivity index (χ1n) is 4.62. The molecule has 0 aliphatic carbocycles. The summed E-state index contributed by atoms with van der Waals surface area (Å²) in [5.41, 5.74) is 0.555. The Hall–Kier alpha value is -1.67. The Morgan fingerprint density at radius 3 is 2.94 bits per heavy atom. The summed E-state index contributed by atoms with van der Waals surface area (Å²) in [6.07, 6.45) is 1.43. The number of nitrogens with one attached hydrogen (secondary N) is 1. The molecule has 0 unspecified atom stereocenters. The molecule has 2 rings (SSSR count). The van der Waals surface area contributed by atoms with E-state index in [0.717, 1.165) is 0 Å². The SMILES string of the molecule is CNc1cccc(Sc2ncns2)c1[N+](=O)[O-]. The normalized spacial score (nSPS) is 10.2. The minimum atomic E-state index is -0.394. The first-order chi connectivity index (χ1) is 8.22. The summed E-state index contributed by atoms with van der Waals surface area (Å²) in [6.45, 7) is 0. The van der Waals surface area contributed by atoms with Crippen molar-refractivity contribution < 1.29 is 4.92 Å². The molecule has 1 aromatic heterocycles. The van der Waals surface area contributed by atoms with Gasteiger partial charge in [-0.05, 0) is 23.7 Å². The van der Waals surface area contributed by atoms with Crippen molar-refractivity contribution in [1.29, 1.82) is 0 Å². The lowest BCUT2D eigenvalue weighted by Crippen LogP contribution is -1.97. The molecule has 0 aliphatic heterocycles. The van der Waals surface area contributed by atoms with Crippen LogP contribution in [0.1, 0.15) is 0 Å². The van der Waals surface area contributed by atoms with E-state index < -0.39 is 4.92 Å². The Morgan fingerprint density at radius 2 is 2.35 bits per heavy atom. The quantitative estimate of drug-likeness (QED) is 0.678. The molecule has 6 nitrogen and oxygen atoms in total. The van der Waals surface area contributed by atoms with E-state index in [1.807, 2.05) is 0 Å². The number of rotatable bonds is 4. The van der Waals surface area contributed by atoms with E-state index in [0.29, 0.717) is 14.9 Å². The predicted molar refractivity (Wildman–Crippen MR) is 66.7 cm³/mol. The molecule has 0 radical (unpaired) electrons. The number of hydrogen-bond acceptors (Lipinski definition) is 7. The lowest BCUT2D eigenvalue weighted by molar-refractivity contribution is -0.386. The van der Waals surface area contributed by atoms with E-state index in [-0.39, 0.29) is 5.69 Å². The van der Waals surface area contributed by atoms with Gasteiger partial charge < -0.3 is 5.32 Å². The topological polar surface area (TPSA) is 81.0 Å². The molecule has 0 aliphatic rings. The third kappa shape index (κ3) is 2.53. The van der Waals surface area contributed by atoms with E-state index in [4.69, 9.17) is 0 Å². The number of para-hydroxylation sites is 1. The van der Waals surface area contributed by atoms with Gasteiger partial charge >= 0.3 is 5.69 Å². The summed E-state index contributed by atoms with van der Waals surface area (Å²) in [5, 5.41) is 13.9. The fourth-order valence-electron chi connectivity index (χ4n) is 1.30. The highest BCUT2D eigenvalue weighted by molar-refractivity contribution is 8.01. The van der Waals surface area contributed by atoms with Gasteiger partial charge in [0.15, 0.2) is 4.34 Å². The first kappa shape index (κ1) is 11.8. The van der Waals surface area contributed by atoms with Crippen LogP contribution in [0.25, 0.3) is 0 Å². The molecule has 0 amide bonds. The van der Waals surface area contributed by atoms with Crippen LogP contribution >= 0.6 is 23.3 Å². The maximum atomic E-state index is 11.0. The summed E-state index contributed by atoms with van der Waals surface area (Å²) >= 11 is 2.45. The average molecular weight is 268 g/mol. The number of nitro groups is 1. The van der Waals surface area contributed by atoms with Crippen molar-refractivity contribution in [2.75, 3.05) is 12.4 Å². The monoisotopic (exact) mass is 268 g/mol. The van der Waals surface area contributed by atoms with Crippen LogP contribution in [0.4, 0.5) is 11.4 Å². The van der Waals surface area contributed by atoms with Crippen LogP contribution < -0.4 is 5.32 Å². The van der Waals surface area contributed by atoms with Crippen molar-refractivity contribution in [2.24, 2.45) is 0 Å². The zero-order valence-corrected chi connectivity index (χ0v) is 10.4. The van der Waals surface area contributed by atoms with Gasteiger partial charge in [-0.15, -0.1) is 0 Å². The van der Waals surface area contributed by atoms with Gasteiger partial charge in [0.1, 0.15) is 12.0 Å². The van der Waals surface area contributed by atoms with Crippen molar-refractivity contribution >= 4 is 34.7 Å². The molecule has 1 heterocycles. The fourth-order valence-corrected chi connectivity index (χ4v) is 2.84. The first-order valence-corrected chi connectivity index (χ1v) is 6.21. The fraction of sp³-hybridized carbons (Fsp3) is 0.111. The summed E-state index contributed by atoms with van der Waals surface area (Å²) in [4.78, 5) is 15.2. The second-order valence-corrected chi connectivity index (χ2v) is 5.04. The Kier molecular flexibility index (Phi) is 3.55. The summed E-state index contributed by atoms with van der Waals surface area (Å²) in [6, 6.07) is 5.13. The van der Waals surface area contributed by atoms with Gasteiger partial charge in [0, 0.05) is 7.05 Å². The lowest BCUT2D eigenvalue weighted by Gasteiger charge is -2.05. The Balaban J connectivity index is 2.42. The van der Waals surface area contributed by atoms with Crippen LogP contribution in [0.5, 0.6) is 0 Å². The maximum Gasteiger partial charge on any atom is 0.306 e. The van der Waals surface area contributed by atoms with Crippen LogP contribution in [-0.4, -0.2) is 21.3 Å². The molecule has 0 fully saturated rings. The minimum Gasteiger partial charge on any atom is -0.383 e. The van der Waals surface area contributed by atoms with E-state index in [1.165, 1.54) is 29.6 Å². The van der Waals surface area contributed by atoms with Crippen LogP contribution in [0.2, 0.25) is 0 Å². The largest absolute Gasteiger partial charge is 0.383 e. The Labute approximate surface area is 105 Å². The average Bonchev–Trinajstić information content (AvgIpc) is 2.81. The van der Waals surface area contributed by atoms with Gasteiger partial charge in [-0.25, -0.2) is 4.98 Å². The standard InChI is InChI=1S/C9H8N4O2S2/c1-10-6-3-2-4-7(8(6)13(14)15)16-9-11-5-12-17-9/h2-5,10H,1H3. The smallest absolute Gasteiger partial charge is 0.306 e. The highest BCUT2D eigenvalue weighted by Gasteiger charge is 2.20.